The molecule has 36 heavy (non-hydrogen) atoms. The van der Waals surface area contributed by atoms with Gasteiger partial charge >= 0.3 is 0 Å². The predicted octanol–water partition coefficient (Wildman–Crippen LogP) is 10.5. The Morgan fingerprint density at radius 3 is 2.47 bits per heavy atom. The van der Waals surface area contributed by atoms with E-state index in [0.717, 1.165) is 36.5 Å². The largest absolute Gasteiger partial charge is 0.287 e. The summed E-state index contributed by atoms with van der Waals surface area (Å²) in [6, 6.07) is 0. The second-order valence-electron chi connectivity index (χ2n) is 14.3. The fraction of sp³-hybridized carbons (Fsp3) is 0.912. The molecular weight excluding hydrogens is 456 g/mol. The molecule has 0 amide bonds. The van der Waals surface area contributed by atoms with Crippen LogP contribution < -0.4 is 0 Å². The van der Waals surface area contributed by atoms with Gasteiger partial charge in [-0.3, -0.25) is 4.79 Å². The summed E-state index contributed by atoms with van der Waals surface area (Å²) in [5, 5.41) is 1.09. The fourth-order valence-electron chi connectivity index (χ4n) is 10.1. The predicted molar refractivity (Wildman–Crippen MR) is 156 cm³/mol. The molecular formula is C34H56OS. The van der Waals surface area contributed by atoms with E-state index in [9.17, 15) is 4.79 Å². The van der Waals surface area contributed by atoms with E-state index in [0.29, 0.717) is 27.1 Å². The maximum Gasteiger partial charge on any atom is 0.192 e. The number of fused-ring (bicyclic) bond motifs is 5. The van der Waals surface area contributed by atoms with E-state index in [1.807, 2.05) is 0 Å². The molecule has 1 nitrogen and oxygen atoms in total. The summed E-state index contributed by atoms with van der Waals surface area (Å²) in [4.78, 5) is 13.0. The average Bonchev–Trinajstić information content (AvgIpc) is 3.23. The molecule has 0 aliphatic heterocycles. The second kappa shape index (κ2) is 11.9. The van der Waals surface area contributed by atoms with Crippen LogP contribution in [0.3, 0.4) is 0 Å². The molecule has 0 aromatic heterocycles. The van der Waals surface area contributed by atoms with Crippen molar-refractivity contribution in [3.63, 3.8) is 0 Å². The molecule has 0 spiro atoms. The molecule has 7 atom stereocenters. The van der Waals surface area contributed by atoms with Gasteiger partial charge in [-0.2, -0.15) is 0 Å². The summed E-state index contributed by atoms with van der Waals surface area (Å²) in [5.74, 6) is 4.16. The quantitative estimate of drug-likeness (QED) is 0.226. The molecule has 4 fully saturated rings. The van der Waals surface area contributed by atoms with E-state index < -0.39 is 0 Å². The first-order valence-corrected chi connectivity index (χ1v) is 17.2. The number of allylic oxidation sites excluding steroid dienone is 2. The van der Waals surface area contributed by atoms with Crippen molar-refractivity contribution in [2.75, 3.05) is 0 Å². The van der Waals surface area contributed by atoms with E-state index in [-0.39, 0.29) is 0 Å². The molecule has 5 aliphatic rings. The van der Waals surface area contributed by atoms with Crippen molar-refractivity contribution < 1.29 is 4.79 Å². The molecule has 0 aromatic rings. The molecule has 0 heterocycles. The number of hydrogen-bond acceptors (Lipinski definition) is 2. The van der Waals surface area contributed by atoms with Crippen molar-refractivity contribution >= 4 is 16.9 Å². The summed E-state index contributed by atoms with van der Waals surface area (Å²) in [5.41, 5.74) is 2.80. The van der Waals surface area contributed by atoms with Gasteiger partial charge in [-0.1, -0.05) is 102 Å². The van der Waals surface area contributed by atoms with Gasteiger partial charge in [0.1, 0.15) is 0 Å². The van der Waals surface area contributed by atoms with Crippen molar-refractivity contribution in [1.82, 2.24) is 0 Å². The maximum atomic E-state index is 13.0. The van der Waals surface area contributed by atoms with Crippen LogP contribution in [0.1, 0.15) is 149 Å². The van der Waals surface area contributed by atoms with Gasteiger partial charge < -0.3 is 0 Å². The van der Waals surface area contributed by atoms with Gasteiger partial charge in [0.2, 0.25) is 0 Å². The minimum Gasteiger partial charge on any atom is -0.287 e. The zero-order chi connectivity index (χ0) is 25.2. The maximum absolute atomic E-state index is 13.0. The molecule has 0 unspecified atom stereocenters. The van der Waals surface area contributed by atoms with Crippen LogP contribution in [-0.2, 0) is 4.79 Å². The number of hydrogen-bond donors (Lipinski definition) is 0. The Balaban J connectivity index is 1.18. The van der Waals surface area contributed by atoms with Gasteiger partial charge in [-0.15, -0.1) is 0 Å². The first-order valence-electron chi connectivity index (χ1n) is 16.4. The van der Waals surface area contributed by atoms with Crippen molar-refractivity contribution in [1.29, 1.82) is 0 Å². The van der Waals surface area contributed by atoms with Crippen LogP contribution >= 0.6 is 11.8 Å². The Bertz CT molecular complexity index is 780. The minimum atomic E-state index is 0.365. The Labute approximate surface area is 227 Å². The normalized spacial score (nSPS) is 40.8. The third-order valence-electron chi connectivity index (χ3n) is 12.4. The highest BCUT2D eigenvalue weighted by Gasteiger charge is 2.58. The molecule has 4 saturated carbocycles. The van der Waals surface area contributed by atoms with Crippen LogP contribution in [0.2, 0.25) is 0 Å². The van der Waals surface area contributed by atoms with E-state index >= 15 is 0 Å². The lowest BCUT2D eigenvalue weighted by Crippen LogP contribution is -2.50. The van der Waals surface area contributed by atoms with Crippen LogP contribution in [0.25, 0.3) is 0 Å². The monoisotopic (exact) mass is 512 g/mol. The lowest BCUT2D eigenvalue weighted by atomic mass is 9.47. The Morgan fingerprint density at radius 1 is 0.889 bits per heavy atom. The van der Waals surface area contributed by atoms with Crippen molar-refractivity contribution in [3.8, 4) is 0 Å². The molecule has 2 heteroatoms. The smallest absolute Gasteiger partial charge is 0.192 e. The van der Waals surface area contributed by atoms with Crippen LogP contribution in [0.15, 0.2) is 11.6 Å². The van der Waals surface area contributed by atoms with Crippen LogP contribution in [0.5, 0.6) is 0 Å². The number of unbranched alkanes of at least 4 members (excludes halogenated alkanes) is 5. The molecule has 0 bridgehead atoms. The Kier molecular flexibility index (Phi) is 9.02. The van der Waals surface area contributed by atoms with E-state index in [1.54, 1.807) is 17.3 Å². The van der Waals surface area contributed by atoms with Gasteiger partial charge in [-0.25, -0.2) is 0 Å². The molecule has 5 aliphatic carbocycles. The SMILES string of the molecule is CCCCCCCC[C@@H]1CC[C@@H]2[C@H]3CC=C4C[C@@H](SC(=O)C5CCCCC5)CC[C@]4(C)[C@H]3CC[C@]12C. The third kappa shape index (κ3) is 5.42. The first kappa shape index (κ1) is 27.3. The molecule has 0 N–H and O–H groups in total. The summed E-state index contributed by atoms with van der Waals surface area (Å²) in [6.07, 6.45) is 30.2. The number of carbonyl (C=O) groups is 1. The fourth-order valence-corrected chi connectivity index (χ4v) is 11.3. The molecule has 0 radical (unpaired) electrons. The molecule has 204 valence electrons. The lowest BCUT2D eigenvalue weighted by molar-refractivity contribution is -0.115. The standard InChI is InChI=1S/C34H56OS/c1-4-5-6-7-8-12-15-26-17-19-30-29-18-16-27-24-28(36-32(35)25-13-10-9-11-14-25)20-22-34(27,3)31(29)21-23-33(26,30)2/h16,25-26,28-31H,4-15,17-24H2,1-3H3/t26-,28+,29-,30-,31+,33-,34+/m1/s1. The van der Waals surface area contributed by atoms with E-state index in [1.165, 1.54) is 116 Å². The zero-order valence-corrected chi connectivity index (χ0v) is 24.8. The van der Waals surface area contributed by atoms with Crippen molar-refractivity contribution in [2.45, 2.75) is 154 Å². The van der Waals surface area contributed by atoms with Gasteiger partial charge in [0.15, 0.2) is 5.12 Å². The number of thioether (sulfide) groups is 1. The van der Waals surface area contributed by atoms with Gasteiger partial charge in [-0.05, 0) is 105 Å². The molecule has 0 saturated heterocycles. The summed E-state index contributed by atoms with van der Waals surface area (Å²) in [7, 11) is 0. The summed E-state index contributed by atoms with van der Waals surface area (Å²) in [6.45, 7) is 7.68. The van der Waals surface area contributed by atoms with Crippen LogP contribution in [-0.4, -0.2) is 10.4 Å². The molecule has 5 rings (SSSR count). The second-order valence-corrected chi connectivity index (χ2v) is 15.6. The highest BCUT2D eigenvalue weighted by atomic mass is 32.2. The average molecular weight is 513 g/mol. The minimum absolute atomic E-state index is 0.365. The topological polar surface area (TPSA) is 17.1 Å². The van der Waals surface area contributed by atoms with E-state index in [2.05, 4.69) is 26.8 Å². The van der Waals surface area contributed by atoms with E-state index in [4.69, 9.17) is 0 Å². The summed E-state index contributed by atoms with van der Waals surface area (Å²) < 4.78 is 0. The Morgan fingerprint density at radius 2 is 1.67 bits per heavy atom. The Hall–Kier alpha value is -0.240. The van der Waals surface area contributed by atoms with Crippen molar-refractivity contribution in [2.24, 2.45) is 40.4 Å². The summed E-state index contributed by atoms with van der Waals surface area (Å²) >= 11 is 1.76. The number of rotatable bonds is 9. The van der Waals surface area contributed by atoms with Crippen LogP contribution in [0.4, 0.5) is 0 Å². The highest BCUT2D eigenvalue weighted by molar-refractivity contribution is 8.14. The van der Waals surface area contributed by atoms with Gasteiger partial charge in [0.25, 0.3) is 0 Å². The first-order chi connectivity index (χ1) is 17.5. The van der Waals surface area contributed by atoms with Gasteiger partial charge in [0.05, 0.1) is 0 Å². The molecule has 0 aromatic carbocycles. The van der Waals surface area contributed by atoms with Crippen molar-refractivity contribution in [3.05, 3.63) is 11.6 Å². The number of carbonyl (C=O) groups excluding carboxylic acids is 1. The van der Waals surface area contributed by atoms with Gasteiger partial charge in [0, 0.05) is 11.2 Å². The zero-order valence-electron chi connectivity index (χ0n) is 24.0. The lowest BCUT2D eigenvalue weighted by Gasteiger charge is -2.58. The van der Waals surface area contributed by atoms with Crippen LogP contribution in [0, 0.1) is 40.4 Å². The third-order valence-corrected chi connectivity index (χ3v) is 13.7. The highest BCUT2D eigenvalue weighted by Crippen LogP contribution is 2.67.